The summed E-state index contributed by atoms with van der Waals surface area (Å²) in [5, 5.41) is 0. The zero-order chi connectivity index (χ0) is 21.5. The Kier molecular flexibility index (Phi) is 5.08. The predicted octanol–water partition coefficient (Wildman–Crippen LogP) is 3.00. The first-order chi connectivity index (χ1) is 15.8. The molecule has 0 unspecified atom stereocenters. The highest BCUT2D eigenvalue weighted by molar-refractivity contribution is 5.87. The van der Waals surface area contributed by atoms with Crippen molar-refractivity contribution in [2.24, 2.45) is 0 Å². The van der Waals surface area contributed by atoms with Crippen molar-refractivity contribution in [2.75, 3.05) is 59.9 Å². The average molecular weight is 437 g/mol. The monoisotopic (exact) mass is 436 g/mol. The maximum Gasteiger partial charge on any atom is 0.231 e. The summed E-state index contributed by atoms with van der Waals surface area (Å²) < 4.78 is 28.7. The zero-order valence-corrected chi connectivity index (χ0v) is 18.4. The van der Waals surface area contributed by atoms with Gasteiger partial charge in [0.2, 0.25) is 6.79 Å². The van der Waals surface area contributed by atoms with Gasteiger partial charge in [-0.3, -0.25) is 4.90 Å². The first-order valence-corrected chi connectivity index (χ1v) is 11.3. The van der Waals surface area contributed by atoms with Crippen LogP contribution in [0.5, 0.6) is 23.0 Å². The van der Waals surface area contributed by atoms with E-state index in [1.165, 1.54) is 28.0 Å². The van der Waals surface area contributed by atoms with Crippen molar-refractivity contribution in [2.45, 2.75) is 13.0 Å². The Morgan fingerprint density at radius 2 is 1.88 bits per heavy atom. The van der Waals surface area contributed by atoms with E-state index in [1.54, 1.807) is 7.11 Å². The molecule has 0 radical (unpaired) electrons. The molecule has 0 bridgehead atoms. The fourth-order valence-corrected chi connectivity index (χ4v) is 4.99. The van der Waals surface area contributed by atoms with E-state index in [2.05, 4.69) is 34.1 Å². The smallest absolute Gasteiger partial charge is 0.231 e. The highest BCUT2D eigenvalue weighted by atomic mass is 16.7. The van der Waals surface area contributed by atoms with Crippen molar-refractivity contribution in [3.05, 3.63) is 46.5 Å². The van der Waals surface area contributed by atoms with Gasteiger partial charge in [0.05, 0.1) is 20.3 Å². The minimum Gasteiger partial charge on any atom is -0.493 e. The van der Waals surface area contributed by atoms with E-state index in [1.807, 2.05) is 6.07 Å². The molecule has 6 rings (SSSR count). The highest BCUT2D eigenvalue weighted by Gasteiger charge is 2.30. The minimum absolute atomic E-state index is 0.300. The molecule has 0 spiro atoms. The van der Waals surface area contributed by atoms with Gasteiger partial charge in [0.1, 0.15) is 6.61 Å². The van der Waals surface area contributed by atoms with Crippen LogP contribution in [0.4, 0.5) is 0 Å². The van der Waals surface area contributed by atoms with Crippen molar-refractivity contribution < 1.29 is 23.7 Å². The molecule has 0 aliphatic carbocycles. The second-order valence-electron chi connectivity index (χ2n) is 8.53. The summed E-state index contributed by atoms with van der Waals surface area (Å²) in [4.78, 5) is 4.82. The molecule has 32 heavy (non-hydrogen) atoms. The molecule has 4 aliphatic heterocycles. The molecule has 2 aromatic carbocycles. The first-order valence-electron chi connectivity index (χ1n) is 11.3. The van der Waals surface area contributed by atoms with Gasteiger partial charge in [-0.25, -0.2) is 0 Å². The summed E-state index contributed by atoms with van der Waals surface area (Å²) in [6.45, 7) is 7.12. The maximum absolute atomic E-state index is 6.34. The molecule has 168 valence electrons. The van der Waals surface area contributed by atoms with Crippen LogP contribution in [-0.2, 0) is 17.7 Å². The quantitative estimate of drug-likeness (QED) is 0.714. The molecule has 4 aliphatic rings. The van der Waals surface area contributed by atoms with Crippen LogP contribution in [0.1, 0.15) is 22.3 Å². The van der Waals surface area contributed by atoms with Crippen LogP contribution >= 0.6 is 0 Å². The molecule has 7 nitrogen and oxygen atoms in total. The van der Waals surface area contributed by atoms with Crippen LogP contribution < -0.4 is 18.9 Å². The summed E-state index contributed by atoms with van der Waals surface area (Å²) in [6, 6.07) is 8.41. The van der Waals surface area contributed by atoms with Crippen LogP contribution in [0.2, 0.25) is 0 Å². The van der Waals surface area contributed by atoms with Crippen molar-refractivity contribution in [1.29, 1.82) is 0 Å². The minimum atomic E-state index is 0.300. The summed E-state index contributed by atoms with van der Waals surface area (Å²) in [7, 11) is 1.71. The van der Waals surface area contributed by atoms with Gasteiger partial charge in [-0.2, -0.15) is 0 Å². The van der Waals surface area contributed by atoms with Crippen molar-refractivity contribution in [3.8, 4) is 23.0 Å². The summed E-state index contributed by atoms with van der Waals surface area (Å²) in [5.41, 5.74) is 6.16. The van der Waals surface area contributed by atoms with Gasteiger partial charge in [-0.05, 0) is 41.8 Å². The third-order valence-corrected chi connectivity index (χ3v) is 6.75. The lowest BCUT2D eigenvalue weighted by atomic mass is 9.90. The molecule has 0 saturated carbocycles. The molecule has 0 aromatic heterocycles. The van der Waals surface area contributed by atoms with Crippen LogP contribution in [0.25, 0.3) is 11.8 Å². The van der Waals surface area contributed by atoms with Gasteiger partial charge in [0.25, 0.3) is 0 Å². The largest absolute Gasteiger partial charge is 0.493 e. The van der Waals surface area contributed by atoms with Gasteiger partial charge in [-0.15, -0.1) is 0 Å². The topological polar surface area (TPSA) is 52.6 Å². The SMILES string of the molecule is COc1ccc2c(c1OCCN1CCOCC1)CN1CCc3cc4c(cc3C1=C2)OCO4. The second kappa shape index (κ2) is 8.22. The molecule has 7 heteroatoms. The van der Waals surface area contributed by atoms with Gasteiger partial charge < -0.3 is 28.6 Å². The third kappa shape index (κ3) is 3.45. The van der Waals surface area contributed by atoms with Crippen LogP contribution in [0, 0.1) is 0 Å². The Morgan fingerprint density at radius 3 is 2.72 bits per heavy atom. The van der Waals surface area contributed by atoms with E-state index in [4.69, 9.17) is 23.7 Å². The number of morpholine rings is 1. The van der Waals surface area contributed by atoms with Gasteiger partial charge >= 0.3 is 0 Å². The second-order valence-corrected chi connectivity index (χ2v) is 8.53. The van der Waals surface area contributed by atoms with E-state index >= 15 is 0 Å². The van der Waals surface area contributed by atoms with Crippen LogP contribution in [0.15, 0.2) is 24.3 Å². The molecular weight excluding hydrogens is 408 g/mol. The number of hydrogen-bond donors (Lipinski definition) is 0. The summed E-state index contributed by atoms with van der Waals surface area (Å²) in [5.74, 6) is 3.35. The average Bonchev–Trinajstić information content (AvgIpc) is 3.30. The zero-order valence-electron chi connectivity index (χ0n) is 18.4. The van der Waals surface area contributed by atoms with E-state index in [0.29, 0.717) is 13.4 Å². The molecular formula is C25H28N2O5. The van der Waals surface area contributed by atoms with E-state index < -0.39 is 0 Å². The van der Waals surface area contributed by atoms with Crippen molar-refractivity contribution in [1.82, 2.24) is 9.80 Å². The van der Waals surface area contributed by atoms with Gasteiger partial charge in [-0.1, -0.05) is 6.07 Å². The molecule has 4 heterocycles. The predicted molar refractivity (Wildman–Crippen MR) is 120 cm³/mol. The molecule has 1 saturated heterocycles. The molecule has 1 fully saturated rings. The molecule has 0 amide bonds. The fourth-order valence-electron chi connectivity index (χ4n) is 4.99. The Morgan fingerprint density at radius 1 is 1.03 bits per heavy atom. The van der Waals surface area contributed by atoms with Crippen LogP contribution in [0.3, 0.4) is 0 Å². The summed E-state index contributed by atoms with van der Waals surface area (Å²) in [6.07, 6.45) is 3.25. The Hall–Kier alpha value is -2.90. The van der Waals surface area contributed by atoms with E-state index in [-0.39, 0.29) is 0 Å². The first kappa shape index (κ1) is 19.8. The van der Waals surface area contributed by atoms with Crippen molar-refractivity contribution in [3.63, 3.8) is 0 Å². The number of methoxy groups -OCH3 is 1. The summed E-state index contributed by atoms with van der Waals surface area (Å²) >= 11 is 0. The number of benzene rings is 2. The maximum atomic E-state index is 6.34. The molecule has 2 aromatic rings. The number of ether oxygens (including phenoxy) is 5. The number of hydrogen-bond acceptors (Lipinski definition) is 7. The lowest BCUT2D eigenvalue weighted by Crippen LogP contribution is -2.38. The van der Waals surface area contributed by atoms with Crippen molar-refractivity contribution >= 4 is 11.8 Å². The third-order valence-electron chi connectivity index (χ3n) is 6.75. The van der Waals surface area contributed by atoms with Crippen LogP contribution in [-0.4, -0.2) is 69.7 Å². The standard InChI is InChI=1S/C25H28N2O5/c1-28-22-3-2-17-12-21-19-14-24-23(31-16-32-24)13-18(19)4-5-27(21)15-20(17)25(22)30-11-8-26-6-9-29-10-7-26/h2-3,12-14H,4-11,15-16H2,1H3. The Bertz CT molecular complexity index is 1060. The van der Waals surface area contributed by atoms with E-state index in [9.17, 15) is 0 Å². The normalized spacial score (nSPS) is 19.0. The Balaban J connectivity index is 1.30. The molecule has 0 N–H and O–H groups in total. The van der Waals surface area contributed by atoms with Gasteiger partial charge in [0, 0.05) is 49.5 Å². The van der Waals surface area contributed by atoms with Gasteiger partial charge in [0.15, 0.2) is 23.0 Å². The fraction of sp³-hybridized carbons (Fsp3) is 0.440. The lowest BCUT2D eigenvalue weighted by molar-refractivity contribution is 0.0320. The van der Waals surface area contributed by atoms with E-state index in [0.717, 1.165) is 75.4 Å². The lowest BCUT2D eigenvalue weighted by Gasteiger charge is -2.37. The Labute approximate surface area is 188 Å². The number of rotatable bonds is 5. The molecule has 0 atom stereocenters. The number of nitrogens with zero attached hydrogens (tertiary/aromatic N) is 2. The number of fused-ring (bicyclic) bond motifs is 5. The highest BCUT2D eigenvalue weighted by Crippen LogP contribution is 2.45.